The molecule has 6 nitrogen and oxygen atoms in total. The first-order valence-corrected chi connectivity index (χ1v) is 13.6. The fourth-order valence-corrected chi connectivity index (χ4v) is 3.82. The molecule has 0 aliphatic heterocycles. The third-order valence-electron chi connectivity index (χ3n) is 5.96. The Hall–Kier alpha value is -3.41. The minimum atomic E-state index is -0.430. The number of carbonyl (C=O) groups is 2. The van der Waals surface area contributed by atoms with Crippen LogP contribution in [0.15, 0.2) is 65.3 Å². The molecule has 0 saturated heterocycles. The van der Waals surface area contributed by atoms with E-state index in [0.717, 1.165) is 68.9 Å². The first kappa shape index (κ1) is 29.8. The van der Waals surface area contributed by atoms with Gasteiger partial charge in [-0.25, -0.2) is 10.2 Å². The van der Waals surface area contributed by atoms with E-state index in [0.29, 0.717) is 11.3 Å². The highest BCUT2D eigenvalue weighted by atomic mass is 16.5. The molecular formula is C31H42N2O4. The van der Waals surface area contributed by atoms with E-state index in [-0.39, 0.29) is 12.7 Å². The summed E-state index contributed by atoms with van der Waals surface area (Å²) in [5.41, 5.74) is 4.98. The van der Waals surface area contributed by atoms with Crippen molar-refractivity contribution < 1.29 is 19.1 Å². The third kappa shape index (κ3) is 11.9. The standard InChI is InChI=1S/C31H42N2O4/c1-4-7-10-18-26(22-25-16-12-9-13-17-25)23-32-33-30(34)24-36-29-21-15-14-20-28(29)31(35)37-27(6-3)19-11-8-5-2/h9,12-17,20-23,27H,4-8,10-11,18-19,24H2,1-3H3,(H,33,34). The van der Waals surface area contributed by atoms with Crippen LogP contribution in [0.3, 0.4) is 0 Å². The molecule has 2 aromatic rings. The van der Waals surface area contributed by atoms with Crippen molar-refractivity contribution in [2.45, 2.75) is 84.7 Å². The number of benzene rings is 2. The molecule has 37 heavy (non-hydrogen) atoms. The number of carbonyl (C=O) groups excluding carboxylic acids is 2. The molecule has 0 fully saturated rings. The monoisotopic (exact) mass is 506 g/mol. The van der Waals surface area contributed by atoms with Crippen LogP contribution in [-0.2, 0) is 9.53 Å². The van der Waals surface area contributed by atoms with Crippen molar-refractivity contribution in [2.24, 2.45) is 5.10 Å². The molecule has 1 N–H and O–H groups in total. The molecular weight excluding hydrogens is 464 g/mol. The van der Waals surface area contributed by atoms with Crippen molar-refractivity contribution in [2.75, 3.05) is 6.61 Å². The number of nitrogens with one attached hydrogen (secondary N) is 1. The molecule has 0 aromatic heterocycles. The van der Waals surface area contributed by atoms with Gasteiger partial charge in [0.1, 0.15) is 17.4 Å². The quantitative estimate of drug-likeness (QED) is 0.105. The third-order valence-corrected chi connectivity index (χ3v) is 5.96. The molecule has 1 atom stereocenters. The van der Waals surface area contributed by atoms with E-state index >= 15 is 0 Å². The van der Waals surface area contributed by atoms with E-state index in [2.05, 4.69) is 30.5 Å². The van der Waals surface area contributed by atoms with Gasteiger partial charge in [0.05, 0.1) is 6.21 Å². The van der Waals surface area contributed by atoms with Gasteiger partial charge in [0.15, 0.2) is 6.61 Å². The summed E-state index contributed by atoms with van der Waals surface area (Å²) in [7, 11) is 0. The Morgan fingerprint density at radius 3 is 2.35 bits per heavy atom. The summed E-state index contributed by atoms with van der Waals surface area (Å²) in [6.07, 6.45) is 12.7. The Morgan fingerprint density at radius 2 is 1.62 bits per heavy atom. The van der Waals surface area contributed by atoms with Gasteiger partial charge in [-0.1, -0.05) is 95.0 Å². The number of ether oxygens (including phenoxy) is 2. The van der Waals surface area contributed by atoms with Crippen LogP contribution < -0.4 is 10.2 Å². The van der Waals surface area contributed by atoms with Gasteiger partial charge in [-0.2, -0.15) is 5.10 Å². The summed E-state index contributed by atoms with van der Waals surface area (Å²) in [5.74, 6) is -0.516. The van der Waals surface area contributed by atoms with Gasteiger partial charge in [-0.15, -0.1) is 0 Å². The summed E-state index contributed by atoms with van der Waals surface area (Å²) in [6, 6.07) is 16.9. The first-order chi connectivity index (χ1) is 18.1. The second kappa shape index (κ2) is 17.9. The summed E-state index contributed by atoms with van der Waals surface area (Å²) in [6.45, 7) is 6.07. The van der Waals surface area contributed by atoms with E-state index in [1.54, 1.807) is 30.5 Å². The number of para-hydroxylation sites is 1. The molecule has 0 saturated carbocycles. The number of unbranched alkanes of at least 4 members (excludes halogenated alkanes) is 4. The highest BCUT2D eigenvalue weighted by Gasteiger charge is 2.18. The fraction of sp³-hybridized carbons (Fsp3) is 0.452. The maximum Gasteiger partial charge on any atom is 0.342 e. The molecule has 2 rings (SSSR count). The second-order valence-corrected chi connectivity index (χ2v) is 9.10. The van der Waals surface area contributed by atoms with Crippen molar-refractivity contribution in [1.82, 2.24) is 5.43 Å². The number of hydrazone groups is 1. The molecule has 200 valence electrons. The zero-order valence-corrected chi connectivity index (χ0v) is 22.6. The number of amides is 1. The number of rotatable bonds is 17. The van der Waals surface area contributed by atoms with Gasteiger partial charge in [0.25, 0.3) is 5.91 Å². The average Bonchev–Trinajstić information content (AvgIpc) is 2.92. The van der Waals surface area contributed by atoms with Crippen molar-refractivity contribution in [1.29, 1.82) is 0 Å². The summed E-state index contributed by atoms with van der Waals surface area (Å²) >= 11 is 0. The van der Waals surface area contributed by atoms with Crippen LogP contribution in [0, 0.1) is 0 Å². The zero-order chi connectivity index (χ0) is 26.7. The maximum atomic E-state index is 12.8. The lowest BCUT2D eigenvalue weighted by Gasteiger charge is -2.17. The number of nitrogens with zero attached hydrogens (tertiary/aromatic N) is 1. The molecule has 1 amide bonds. The van der Waals surface area contributed by atoms with Gasteiger partial charge < -0.3 is 9.47 Å². The molecule has 2 aromatic carbocycles. The summed E-state index contributed by atoms with van der Waals surface area (Å²) in [5, 5.41) is 4.14. The van der Waals surface area contributed by atoms with E-state index in [1.165, 1.54) is 0 Å². The Kier molecular flexibility index (Phi) is 14.4. The molecule has 0 aliphatic carbocycles. The second-order valence-electron chi connectivity index (χ2n) is 9.10. The molecule has 0 heterocycles. The van der Waals surface area contributed by atoms with Crippen LogP contribution in [0.1, 0.15) is 94.5 Å². The minimum absolute atomic E-state index is 0.125. The smallest absolute Gasteiger partial charge is 0.342 e. The fourth-order valence-electron chi connectivity index (χ4n) is 3.82. The Balaban J connectivity index is 1.93. The van der Waals surface area contributed by atoms with E-state index in [1.807, 2.05) is 37.3 Å². The molecule has 0 radical (unpaired) electrons. The van der Waals surface area contributed by atoms with Crippen molar-refractivity contribution in [3.63, 3.8) is 0 Å². The van der Waals surface area contributed by atoms with Crippen LogP contribution in [0.5, 0.6) is 5.75 Å². The molecule has 1 unspecified atom stereocenters. The highest BCUT2D eigenvalue weighted by Crippen LogP contribution is 2.21. The van der Waals surface area contributed by atoms with Crippen LogP contribution >= 0.6 is 0 Å². The van der Waals surface area contributed by atoms with Gasteiger partial charge in [0, 0.05) is 0 Å². The summed E-state index contributed by atoms with van der Waals surface area (Å²) < 4.78 is 11.4. The average molecular weight is 507 g/mol. The van der Waals surface area contributed by atoms with Crippen molar-refractivity contribution in [3.05, 3.63) is 71.3 Å². The SMILES string of the molecule is CCCCCC(C=NNC(=O)COc1ccccc1C(=O)OC(CC)CCCCC)=Cc1ccccc1. The van der Waals surface area contributed by atoms with Crippen molar-refractivity contribution in [3.8, 4) is 5.75 Å². The van der Waals surface area contributed by atoms with E-state index < -0.39 is 11.9 Å². The Labute approximate surface area is 222 Å². The molecule has 0 bridgehead atoms. The lowest BCUT2D eigenvalue weighted by Crippen LogP contribution is -2.25. The zero-order valence-electron chi connectivity index (χ0n) is 22.6. The van der Waals surface area contributed by atoms with Gasteiger partial charge >= 0.3 is 5.97 Å². The lowest BCUT2D eigenvalue weighted by molar-refractivity contribution is -0.123. The predicted molar refractivity (Wildman–Crippen MR) is 151 cm³/mol. The van der Waals surface area contributed by atoms with Gasteiger partial charge in [-0.3, -0.25) is 4.79 Å². The molecule has 0 aliphatic rings. The topological polar surface area (TPSA) is 77.0 Å². The largest absolute Gasteiger partial charge is 0.483 e. The normalized spacial score (nSPS) is 12.4. The number of hydrogen-bond donors (Lipinski definition) is 1. The number of hydrogen-bond acceptors (Lipinski definition) is 5. The van der Waals surface area contributed by atoms with Crippen LogP contribution in [-0.4, -0.2) is 30.8 Å². The highest BCUT2D eigenvalue weighted by molar-refractivity contribution is 5.93. The van der Waals surface area contributed by atoms with E-state index in [4.69, 9.17) is 9.47 Å². The first-order valence-electron chi connectivity index (χ1n) is 13.6. The van der Waals surface area contributed by atoms with Crippen LogP contribution in [0.25, 0.3) is 6.08 Å². The van der Waals surface area contributed by atoms with Gasteiger partial charge in [0.2, 0.25) is 0 Å². The van der Waals surface area contributed by atoms with Crippen LogP contribution in [0.4, 0.5) is 0 Å². The minimum Gasteiger partial charge on any atom is -0.483 e. The van der Waals surface area contributed by atoms with Crippen molar-refractivity contribution >= 4 is 24.2 Å². The Bertz CT molecular complexity index is 1000. The van der Waals surface area contributed by atoms with E-state index in [9.17, 15) is 9.59 Å². The maximum absolute atomic E-state index is 12.8. The summed E-state index contributed by atoms with van der Waals surface area (Å²) in [4.78, 5) is 25.2. The molecule has 0 spiro atoms. The number of allylic oxidation sites excluding steroid dienone is 1. The predicted octanol–water partition coefficient (Wildman–Crippen LogP) is 7.35. The van der Waals surface area contributed by atoms with Crippen LogP contribution in [0.2, 0.25) is 0 Å². The molecule has 6 heteroatoms. The lowest BCUT2D eigenvalue weighted by atomic mass is 10.1. The van der Waals surface area contributed by atoms with Gasteiger partial charge in [-0.05, 0) is 55.4 Å². The Morgan fingerprint density at radius 1 is 0.919 bits per heavy atom. The number of esters is 1.